The number of aliphatic hydroxyl groups is 1. The molecule has 0 saturated carbocycles. The van der Waals surface area contributed by atoms with Crippen LogP contribution in [0, 0.1) is 0 Å². The smallest absolute Gasteiger partial charge is 0.0790 e. The molecule has 1 atom stereocenters. The maximum Gasteiger partial charge on any atom is 0.0790 e. The van der Waals surface area contributed by atoms with Crippen molar-refractivity contribution < 1.29 is 9.84 Å². The summed E-state index contributed by atoms with van der Waals surface area (Å²) in [6, 6.07) is 9.88. The summed E-state index contributed by atoms with van der Waals surface area (Å²) in [7, 11) is 1.74. The van der Waals surface area contributed by atoms with Gasteiger partial charge in [-0.25, -0.2) is 0 Å². The molecule has 16 heavy (non-hydrogen) atoms. The number of methoxy groups -OCH3 is 1. The van der Waals surface area contributed by atoms with Crippen molar-refractivity contribution in [3.8, 4) is 0 Å². The number of benzene rings is 1. The van der Waals surface area contributed by atoms with Crippen molar-refractivity contribution >= 4 is 0 Å². The SMILES string of the molecule is COCCCCCCC(O)c1ccccc1. The second-order valence-electron chi connectivity index (χ2n) is 4.12. The Morgan fingerprint density at radius 3 is 2.44 bits per heavy atom. The van der Waals surface area contributed by atoms with E-state index >= 15 is 0 Å². The first kappa shape index (κ1) is 13.2. The molecule has 0 spiro atoms. The largest absolute Gasteiger partial charge is 0.388 e. The van der Waals surface area contributed by atoms with Gasteiger partial charge in [-0.1, -0.05) is 49.6 Å². The van der Waals surface area contributed by atoms with Crippen LogP contribution in [0.3, 0.4) is 0 Å². The molecule has 0 saturated heterocycles. The molecule has 1 aromatic carbocycles. The average Bonchev–Trinajstić information content (AvgIpc) is 2.34. The summed E-state index contributed by atoms with van der Waals surface area (Å²) in [4.78, 5) is 0. The summed E-state index contributed by atoms with van der Waals surface area (Å²) >= 11 is 0. The van der Waals surface area contributed by atoms with Crippen LogP contribution in [0.1, 0.15) is 43.8 Å². The fourth-order valence-electron chi connectivity index (χ4n) is 1.78. The van der Waals surface area contributed by atoms with Gasteiger partial charge in [-0.05, 0) is 18.4 Å². The molecule has 1 N–H and O–H groups in total. The van der Waals surface area contributed by atoms with Gasteiger partial charge < -0.3 is 9.84 Å². The molecule has 0 heterocycles. The molecule has 2 heteroatoms. The van der Waals surface area contributed by atoms with Crippen molar-refractivity contribution in [1.29, 1.82) is 0 Å². The lowest BCUT2D eigenvalue weighted by Crippen LogP contribution is -1.97. The van der Waals surface area contributed by atoms with Crippen molar-refractivity contribution in [2.45, 2.75) is 38.2 Å². The fraction of sp³-hybridized carbons (Fsp3) is 0.571. The van der Waals surface area contributed by atoms with Crippen LogP contribution in [0.25, 0.3) is 0 Å². The van der Waals surface area contributed by atoms with Crippen molar-refractivity contribution in [2.24, 2.45) is 0 Å². The van der Waals surface area contributed by atoms with Gasteiger partial charge >= 0.3 is 0 Å². The Morgan fingerprint density at radius 1 is 1.06 bits per heavy atom. The highest BCUT2D eigenvalue weighted by molar-refractivity contribution is 5.16. The van der Waals surface area contributed by atoms with Crippen LogP contribution in [0.4, 0.5) is 0 Å². The highest BCUT2D eigenvalue weighted by atomic mass is 16.5. The van der Waals surface area contributed by atoms with E-state index in [-0.39, 0.29) is 6.10 Å². The van der Waals surface area contributed by atoms with E-state index in [1.165, 1.54) is 12.8 Å². The summed E-state index contributed by atoms with van der Waals surface area (Å²) in [5.41, 5.74) is 1.03. The zero-order chi connectivity index (χ0) is 11.6. The van der Waals surface area contributed by atoms with E-state index in [2.05, 4.69) is 0 Å². The van der Waals surface area contributed by atoms with Crippen molar-refractivity contribution in [2.75, 3.05) is 13.7 Å². The molecular weight excluding hydrogens is 200 g/mol. The van der Waals surface area contributed by atoms with E-state index in [9.17, 15) is 5.11 Å². The van der Waals surface area contributed by atoms with E-state index in [4.69, 9.17) is 4.74 Å². The van der Waals surface area contributed by atoms with Gasteiger partial charge in [0.15, 0.2) is 0 Å². The summed E-state index contributed by atoms with van der Waals surface area (Å²) in [6.45, 7) is 0.848. The van der Waals surface area contributed by atoms with E-state index in [0.717, 1.165) is 31.4 Å². The lowest BCUT2D eigenvalue weighted by Gasteiger charge is -2.10. The first-order valence-electron chi connectivity index (χ1n) is 6.06. The Hall–Kier alpha value is -0.860. The van der Waals surface area contributed by atoms with Crippen LogP contribution in [-0.2, 0) is 4.74 Å². The van der Waals surface area contributed by atoms with Gasteiger partial charge in [-0.15, -0.1) is 0 Å². The zero-order valence-electron chi connectivity index (χ0n) is 10.1. The second kappa shape index (κ2) is 8.31. The Bertz CT molecular complexity index is 259. The average molecular weight is 222 g/mol. The molecule has 0 aromatic heterocycles. The fourth-order valence-corrected chi connectivity index (χ4v) is 1.78. The normalized spacial score (nSPS) is 12.6. The predicted molar refractivity (Wildman–Crippen MR) is 66.4 cm³/mol. The van der Waals surface area contributed by atoms with E-state index in [1.54, 1.807) is 7.11 Å². The molecule has 1 unspecified atom stereocenters. The van der Waals surface area contributed by atoms with Gasteiger partial charge in [0.25, 0.3) is 0 Å². The van der Waals surface area contributed by atoms with Crippen molar-refractivity contribution in [3.05, 3.63) is 35.9 Å². The molecule has 0 aliphatic rings. The van der Waals surface area contributed by atoms with Crippen LogP contribution in [-0.4, -0.2) is 18.8 Å². The maximum atomic E-state index is 9.90. The summed E-state index contributed by atoms with van der Waals surface area (Å²) in [5.74, 6) is 0. The van der Waals surface area contributed by atoms with Crippen LogP contribution < -0.4 is 0 Å². The summed E-state index contributed by atoms with van der Waals surface area (Å²) in [5, 5.41) is 9.90. The molecule has 1 aromatic rings. The Kier molecular flexibility index (Phi) is 6.86. The molecule has 0 fully saturated rings. The lowest BCUT2D eigenvalue weighted by molar-refractivity contribution is 0.161. The minimum atomic E-state index is -0.302. The molecule has 2 nitrogen and oxygen atoms in total. The van der Waals surface area contributed by atoms with Gasteiger partial charge in [0.1, 0.15) is 0 Å². The van der Waals surface area contributed by atoms with Crippen LogP contribution in [0.5, 0.6) is 0 Å². The number of unbranched alkanes of at least 4 members (excludes halogenated alkanes) is 3. The van der Waals surface area contributed by atoms with Gasteiger partial charge in [0.05, 0.1) is 6.10 Å². The summed E-state index contributed by atoms with van der Waals surface area (Å²) in [6.07, 6.45) is 5.13. The Labute approximate surface area is 98.3 Å². The number of ether oxygens (including phenoxy) is 1. The summed E-state index contributed by atoms with van der Waals surface area (Å²) < 4.78 is 4.99. The van der Waals surface area contributed by atoms with E-state index in [0.29, 0.717) is 0 Å². The molecule has 0 radical (unpaired) electrons. The molecule has 0 bridgehead atoms. The third kappa shape index (κ3) is 5.29. The van der Waals surface area contributed by atoms with E-state index < -0.39 is 0 Å². The number of hydrogen-bond donors (Lipinski definition) is 1. The highest BCUT2D eigenvalue weighted by Gasteiger charge is 2.05. The van der Waals surface area contributed by atoms with Gasteiger partial charge in [0.2, 0.25) is 0 Å². The standard InChI is InChI=1S/C14H22O2/c1-16-12-8-3-2-7-11-14(15)13-9-5-4-6-10-13/h4-6,9-10,14-15H,2-3,7-8,11-12H2,1H3. The Morgan fingerprint density at radius 2 is 1.75 bits per heavy atom. The molecule has 0 amide bonds. The number of hydrogen-bond acceptors (Lipinski definition) is 2. The first-order chi connectivity index (χ1) is 7.84. The predicted octanol–water partition coefficient (Wildman–Crippen LogP) is 3.32. The topological polar surface area (TPSA) is 29.5 Å². The molecule has 1 rings (SSSR count). The molecule has 0 aliphatic carbocycles. The number of aliphatic hydroxyl groups excluding tert-OH is 1. The van der Waals surface area contributed by atoms with E-state index in [1.807, 2.05) is 30.3 Å². The second-order valence-corrected chi connectivity index (χ2v) is 4.12. The van der Waals surface area contributed by atoms with Gasteiger partial charge in [0, 0.05) is 13.7 Å². The van der Waals surface area contributed by atoms with Crippen molar-refractivity contribution in [3.63, 3.8) is 0 Å². The highest BCUT2D eigenvalue weighted by Crippen LogP contribution is 2.19. The minimum absolute atomic E-state index is 0.302. The molecule has 0 aliphatic heterocycles. The van der Waals surface area contributed by atoms with Crippen LogP contribution >= 0.6 is 0 Å². The van der Waals surface area contributed by atoms with Crippen LogP contribution in [0.15, 0.2) is 30.3 Å². The monoisotopic (exact) mass is 222 g/mol. The lowest BCUT2D eigenvalue weighted by atomic mass is 10.0. The third-order valence-corrected chi connectivity index (χ3v) is 2.76. The minimum Gasteiger partial charge on any atom is -0.388 e. The quantitative estimate of drug-likeness (QED) is 0.684. The first-order valence-corrected chi connectivity index (χ1v) is 6.06. The third-order valence-electron chi connectivity index (χ3n) is 2.76. The zero-order valence-corrected chi connectivity index (χ0v) is 10.1. The van der Waals surface area contributed by atoms with Gasteiger partial charge in [-0.2, -0.15) is 0 Å². The number of rotatable bonds is 8. The molecular formula is C14H22O2. The van der Waals surface area contributed by atoms with Crippen molar-refractivity contribution in [1.82, 2.24) is 0 Å². The van der Waals surface area contributed by atoms with Crippen LogP contribution in [0.2, 0.25) is 0 Å². The Balaban J connectivity index is 2.09. The van der Waals surface area contributed by atoms with Gasteiger partial charge in [-0.3, -0.25) is 0 Å². The molecule has 90 valence electrons. The maximum absolute atomic E-state index is 9.90.